The Morgan fingerprint density at radius 1 is 0.895 bits per heavy atom. The van der Waals surface area contributed by atoms with E-state index in [2.05, 4.69) is 5.32 Å². The Morgan fingerprint density at radius 2 is 1.47 bits per heavy atom. The van der Waals surface area contributed by atoms with Crippen molar-refractivity contribution in [1.82, 2.24) is 5.32 Å². The molecule has 0 aromatic carbocycles. The van der Waals surface area contributed by atoms with Gasteiger partial charge in [-0.1, -0.05) is 58.2 Å². The van der Waals surface area contributed by atoms with Crippen LogP contribution in [0.1, 0.15) is 70.6 Å². The van der Waals surface area contributed by atoms with Gasteiger partial charge in [0, 0.05) is 45.2 Å². The molecule has 3 aliphatic rings. The first-order valence-corrected chi connectivity index (χ1v) is 7.81. The Balaban J connectivity index is 0.00000133. The van der Waals surface area contributed by atoms with Crippen molar-refractivity contribution >= 4 is 0 Å². The van der Waals surface area contributed by atoms with E-state index in [1.54, 1.807) is 0 Å². The normalized spacial score (nSPS) is 28.4. The summed E-state index contributed by atoms with van der Waals surface area (Å²) in [7, 11) is 0. The average Bonchev–Trinajstić information content (AvgIpc) is 2.39. The molecule has 0 atom stereocenters. The van der Waals surface area contributed by atoms with Crippen LogP contribution in [0.2, 0.25) is 0 Å². The van der Waals surface area contributed by atoms with E-state index in [9.17, 15) is 0 Å². The molecule has 19 heavy (non-hydrogen) atoms. The summed E-state index contributed by atoms with van der Waals surface area (Å²) < 4.78 is 11.3. The molecule has 0 aromatic rings. The SMILES string of the molecule is [CH-]1OC(CC2CCCCC2)(NC2CCCCC2)O1.[Y]. The number of hydrogen-bond donors (Lipinski definition) is 1. The van der Waals surface area contributed by atoms with Gasteiger partial charge in [0.25, 0.3) is 0 Å². The maximum absolute atomic E-state index is 5.67. The molecule has 0 bridgehead atoms. The molecule has 3 fully saturated rings. The molecule has 2 saturated carbocycles. The van der Waals surface area contributed by atoms with Gasteiger partial charge in [0.1, 0.15) is 0 Å². The number of ether oxygens (including phenoxy) is 2. The molecule has 1 heterocycles. The molecule has 0 aromatic heterocycles. The van der Waals surface area contributed by atoms with Crippen LogP contribution in [-0.4, -0.2) is 12.0 Å². The van der Waals surface area contributed by atoms with Crippen molar-refractivity contribution < 1.29 is 42.2 Å². The summed E-state index contributed by atoms with van der Waals surface area (Å²) in [5.41, 5.74) is 0. The van der Waals surface area contributed by atoms with Crippen molar-refractivity contribution in [3.8, 4) is 0 Å². The van der Waals surface area contributed by atoms with E-state index in [1.165, 1.54) is 71.0 Å². The molecular formula is C15H26NO2Y-. The average molecular weight is 341 g/mol. The third-order valence-electron chi connectivity index (χ3n) is 4.79. The summed E-state index contributed by atoms with van der Waals surface area (Å²) in [5.74, 6) is 0.313. The van der Waals surface area contributed by atoms with Gasteiger partial charge in [0.15, 0.2) is 5.91 Å². The van der Waals surface area contributed by atoms with Gasteiger partial charge in [-0.25, -0.2) is 0 Å². The first-order valence-electron chi connectivity index (χ1n) is 7.81. The summed E-state index contributed by atoms with van der Waals surface area (Å²) in [5, 5.41) is 3.64. The van der Waals surface area contributed by atoms with Crippen LogP contribution in [-0.2, 0) is 42.2 Å². The van der Waals surface area contributed by atoms with Crippen LogP contribution in [0.4, 0.5) is 0 Å². The number of rotatable bonds is 4. The van der Waals surface area contributed by atoms with Crippen LogP contribution in [0.15, 0.2) is 0 Å². The monoisotopic (exact) mass is 341 g/mol. The summed E-state index contributed by atoms with van der Waals surface area (Å²) in [6.45, 7) is 1.50. The number of hydrogen-bond acceptors (Lipinski definition) is 3. The molecule has 2 aliphatic carbocycles. The fourth-order valence-electron chi connectivity index (χ4n) is 3.72. The van der Waals surface area contributed by atoms with Crippen LogP contribution in [0.25, 0.3) is 0 Å². The van der Waals surface area contributed by atoms with E-state index >= 15 is 0 Å². The van der Waals surface area contributed by atoms with Crippen LogP contribution >= 0.6 is 0 Å². The second kappa shape index (κ2) is 7.84. The topological polar surface area (TPSA) is 30.5 Å². The van der Waals surface area contributed by atoms with E-state index < -0.39 is 5.91 Å². The molecule has 3 nitrogen and oxygen atoms in total. The van der Waals surface area contributed by atoms with E-state index in [4.69, 9.17) is 9.47 Å². The van der Waals surface area contributed by atoms with Gasteiger partial charge in [-0.05, 0) is 18.8 Å². The Kier molecular flexibility index (Phi) is 6.75. The van der Waals surface area contributed by atoms with E-state index in [0.29, 0.717) is 6.04 Å². The van der Waals surface area contributed by atoms with Crippen molar-refractivity contribution in [2.75, 3.05) is 0 Å². The van der Waals surface area contributed by atoms with Crippen molar-refractivity contribution in [1.29, 1.82) is 0 Å². The second-order valence-corrected chi connectivity index (χ2v) is 6.27. The molecular weight excluding hydrogens is 315 g/mol. The molecule has 3 rings (SSSR count). The minimum atomic E-state index is -0.468. The van der Waals surface area contributed by atoms with Crippen LogP contribution in [0.3, 0.4) is 0 Å². The quantitative estimate of drug-likeness (QED) is 0.791. The largest absolute Gasteiger partial charge is 0.490 e. The molecule has 4 heteroatoms. The van der Waals surface area contributed by atoms with Crippen LogP contribution in [0, 0.1) is 12.7 Å². The van der Waals surface area contributed by atoms with Gasteiger partial charge in [0.05, 0.1) is 0 Å². The third-order valence-corrected chi connectivity index (χ3v) is 4.79. The van der Waals surface area contributed by atoms with E-state index in [1.807, 2.05) is 0 Å². The molecule has 1 radical (unpaired) electrons. The number of nitrogens with one attached hydrogen (secondary N) is 1. The zero-order chi connectivity index (χ0) is 12.3. The summed E-state index contributed by atoms with van der Waals surface area (Å²) >= 11 is 0. The first-order chi connectivity index (χ1) is 8.86. The van der Waals surface area contributed by atoms with Gasteiger partial charge in [-0.15, -0.1) is 0 Å². The maximum Gasteiger partial charge on any atom is 0.172 e. The molecule has 0 spiro atoms. The molecule has 1 N–H and O–H groups in total. The van der Waals surface area contributed by atoms with Crippen molar-refractivity contribution in [3.05, 3.63) is 6.79 Å². The maximum atomic E-state index is 5.67. The molecule has 0 amide bonds. The van der Waals surface area contributed by atoms with Crippen LogP contribution in [0.5, 0.6) is 0 Å². The van der Waals surface area contributed by atoms with Crippen molar-refractivity contribution in [3.63, 3.8) is 0 Å². The minimum absolute atomic E-state index is 0. The fourth-order valence-corrected chi connectivity index (χ4v) is 3.72. The van der Waals surface area contributed by atoms with Gasteiger partial charge in [0.2, 0.25) is 0 Å². The van der Waals surface area contributed by atoms with Crippen LogP contribution < -0.4 is 5.32 Å². The van der Waals surface area contributed by atoms with Gasteiger partial charge in [-0.3, -0.25) is 5.32 Å². The zero-order valence-electron chi connectivity index (χ0n) is 11.9. The zero-order valence-corrected chi connectivity index (χ0v) is 14.7. The molecule has 0 unspecified atom stereocenters. The Labute approximate surface area is 142 Å². The Hall–Kier alpha value is 0.984. The molecule has 1 aliphatic heterocycles. The summed E-state index contributed by atoms with van der Waals surface area (Å²) in [4.78, 5) is 0. The predicted molar refractivity (Wildman–Crippen MR) is 70.4 cm³/mol. The summed E-state index contributed by atoms with van der Waals surface area (Å²) in [6.07, 6.45) is 14.5. The van der Waals surface area contributed by atoms with E-state index in [0.717, 1.165) is 12.3 Å². The van der Waals surface area contributed by atoms with E-state index in [-0.39, 0.29) is 32.7 Å². The first kappa shape index (κ1) is 16.4. The van der Waals surface area contributed by atoms with Crippen molar-refractivity contribution in [2.24, 2.45) is 5.92 Å². The van der Waals surface area contributed by atoms with Gasteiger partial charge >= 0.3 is 0 Å². The third kappa shape index (κ3) is 4.47. The second-order valence-electron chi connectivity index (χ2n) is 6.27. The minimum Gasteiger partial charge on any atom is -0.490 e. The smallest absolute Gasteiger partial charge is 0.172 e. The summed E-state index contributed by atoms with van der Waals surface area (Å²) in [6, 6.07) is 0.594. The Morgan fingerprint density at radius 3 is 2.00 bits per heavy atom. The standard InChI is InChI=1S/C15H26NO2.Y/c1-3-7-13(8-4-1)11-15(17-12-18-15)16-14-9-5-2-6-10-14;/h12-14,16H,1-11H2;/q-1;. The van der Waals surface area contributed by atoms with Gasteiger partial charge in [-0.2, -0.15) is 0 Å². The molecule has 1 saturated heterocycles. The predicted octanol–water partition coefficient (Wildman–Crippen LogP) is 3.70. The van der Waals surface area contributed by atoms with Crippen molar-refractivity contribution in [2.45, 2.75) is 82.6 Å². The van der Waals surface area contributed by atoms with Gasteiger partial charge < -0.3 is 9.47 Å². The fraction of sp³-hybridized carbons (Fsp3) is 0.933. The molecule has 107 valence electrons. The Bertz CT molecular complexity index is 237.